The van der Waals surface area contributed by atoms with Crippen LogP contribution >= 0.6 is 0 Å². The van der Waals surface area contributed by atoms with Crippen LogP contribution in [0.2, 0.25) is 0 Å². The van der Waals surface area contributed by atoms with Crippen molar-refractivity contribution in [3.8, 4) is 0 Å². The highest BCUT2D eigenvalue weighted by Crippen LogP contribution is 2.32. The van der Waals surface area contributed by atoms with E-state index in [1.54, 1.807) is 6.20 Å². The predicted molar refractivity (Wildman–Crippen MR) is 67.8 cm³/mol. The standard InChI is InChI=1S/C13H19N3O/c1-10(17)15-13-11(6-5-8-14-13)12-7-3-4-9-16(12)2/h5-6,8,12H,3-4,7,9H2,1-2H3,(H,14,15,17). The van der Waals surface area contributed by atoms with Crippen molar-refractivity contribution in [2.24, 2.45) is 0 Å². The molecule has 1 N–H and O–H groups in total. The molecule has 0 aromatic carbocycles. The summed E-state index contributed by atoms with van der Waals surface area (Å²) in [5, 5.41) is 2.81. The molecule has 0 spiro atoms. The van der Waals surface area contributed by atoms with Crippen molar-refractivity contribution in [3.05, 3.63) is 23.9 Å². The Morgan fingerprint density at radius 2 is 2.35 bits per heavy atom. The van der Waals surface area contributed by atoms with Gasteiger partial charge in [0.15, 0.2) is 0 Å². The Labute approximate surface area is 102 Å². The highest BCUT2D eigenvalue weighted by atomic mass is 16.1. The number of hydrogen-bond donors (Lipinski definition) is 1. The van der Waals surface area contributed by atoms with Gasteiger partial charge in [0.1, 0.15) is 5.82 Å². The molecule has 0 bridgehead atoms. The molecule has 1 amide bonds. The summed E-state index contributed by atoms with van der Waals surface area (Å²) in [4.78, 5) is 17.8. The van der Waals surface area contributed by atoms with Gasteiger partial charge in [-0.15, -0.1) is 0 Å². The molecule has 0 saturated carbocycles. The third kappa shape index (κ3) is 2.82. The van der Waals surface area contributed by atoms with Gasteiger partial charge in [-0.05, 0) is 32.5 Å². The Kier molecular flexibility index (Phi) is 3.74. The van der Waals surface area contributed by atoms with E-state index in [0.717, 1.165) is 18.5 Å². The van der Waals surface area contributed by atoms with Crippen molar-refractivity contribution in [1.29, 1.82) is 0 Å². The number of carbonyl (C=O) groups is 1. The highest BCUT2D eigenvalue weighted by Gasteiger charge is 2.23. The first-order chi connectivity index (χ1) is 8.18. The molecule has 0 aliphatic carbocycles. The number of nitrogens with zero attached hydrogens (tertiary/aromatic N) is 2. The summed E-state index contributed by atoms with van der Waals surface area (Å²) in [5.74, 6) is 0.641. The van der Waals surface area contributed by atoms with Gasteiger partial charge in [-0.2, -0.15) is 0 Å². The molecule has 1 fully saturated rings. The minimum Gasteiger partial charge on any atom is -0.311 e. The number of nitrogens with one attached hydrogen (secondary N) is 1. The van der Waals surface area contributed by atoms with Crippen molar-refractivity contribution in [2.45, 2.75) is 32.2 Å². The van der Waals surface area contributed by atoms with Crippen molar-refractivity contribution < 1.29 is 4.79 Å². The van der Waals surface area contributed by atoms with E-state index in [0.29, 0.717) is 11.9 Å². The van der Waals surface area contributed by atoms with Gasteiger partial charge in [-0.1, -0.05) is 12.5 Å². The molecule has 1 saturated heterocycles. The van der Waals surface area contributed by atoms with Crippen LogP contribution in [0.4, 0.5) is 5.82 Å². The van der Waals surface area contributed by atoms with Crippen LogP contribution in [0, 0.1) is 0 Å². The van der Waals surface area contributed by atoms with Gasteiger partial charge in [-0.25, -0.2) is 4.98 Å². The summed E-state index contributed by atoms with van der Waals surface area (Å²) in [6.45, 7) is 2.63. The monoisotopic (exact) mass is 233 g/mol. The number of likely N-dealkylation sites (tertiary alicyclic amines) is 1. The van der Waals surface area contributed by atoms with Gasteiger partial charge < -0.3 is 5.32 Å². The number of carbonyl (C=O) groups excluding carboxylic acids is 1. The third-order valence-corrected chi connectivity index (χ3v) is 3.26. The lowest BCUT2D eigenvalue weighted by atomic mass is 9.96. The molecule has 17 heavy (non-hydrogen) atoms. The molecule has 92 valence electrons. The van der Waals surface area contributed by atoms with Crippen molar-refractivity contribution in [1.82, 2.24) is 9.88 Å². The lowest BCUT2D eigenvalue weighted by Gasteiger charge is -2.33. The van der Waals surface area contributed by atoms with Gasteiger partial charge in [0.2, 0.25) is 5.91 Å². The van der Waals surface area contributed by atoms with Crippen LogP contribution in [0.15, 0.2) is 18.3 Å². The fourth-order valence-corrected chi connectivity index (χ4v) is 2.43. The van der Waals surface area contributed by atoms with Crippen LogP contribution in [-0.4, -0.2) is 29.4 Å². The lowest BCUT2D eigenvalue weighted by molar-refractivity contribution is -0.114. The molecule has 1 atom stereocenters. The molecular formula is C13H19N3O. The fraction of sp³-hybridized carbons (Fsp3) is 0.538. The first kappa shape index (κ1) is 12.0. The van der Waals surface area contributed by atoms with E-state index in [9.17, 15) is 4.79 Å². The van der Waals surface area contributed by atoms with Gasteiger partial charge in [0.05, 0.1) is 0 Å². The molecule has 1 aliphatic heterocycles. The molecule has 4 nitrogen and oxygen atoms in total. The number of amides is 1. The molecule has 2 rings (SSSR count). The van der Waals surface area contributed by atoms with E-state index in [-0.39, 0.29) is 5.91 Å². The van der Waals surface area contributed by atoms with E-state index >= 15 is 0 Å². The summed E-state index contributed by atoms with van der Waals surface area (Å²) >= 11 is 0. The summed E-state index contributed by atoms with van der Waals surface area (Å²) in [7, 11) is 2.13. The highest BCUT2D eigenvalue weighted by molar-refractivity contribution is 5.88. The molecule has 1 aromatic rings. The number of anilines is 1. The Morgan fingerprint density at radius 1 is 1.53 bits per heavy atom. The Balaban J connectivity index is 2.26. The van der Waals surface area contributed by atoms with Crippen molar-refractivity contribution in [2.75, 3.05) is 18.9 Å². The Bertz CT molecular complexity index is 405. The molecule has 2 heterocycles. The second-order valence-electron chi connectivity index (χ2n) is 4.61. The predicted octanol–water partition coefficient (Wildman–Crippen LogP) is 2.20. The van der Waals surface area contributed by atoms with Crippen LogP contribution in [0.3, 0.4) is 0 Å². The van der Waals surface area contributed by atoms with Crippen LogP contribution in [0.1, 0.15) is 37.8 Å². The Morgan fingerprint density at radius 3 is 3.06 bits per heavy atom. The van der Waals surface area contributed by atoms with E-state index in [4.69, 9.17) is 0 Å². The number of rotatable bonds is 2. The molecule has 1 unspecified atom stereocenters. The van der Waals surface area contributed by atoms with E-state index in [2.05, 4.69) is 28.3 Å². The summed E-state index contributed by atoms with van der Waals surface area (Å²) in [6, 6.07) is 4.37. The van der Waals surface area contributed by atoms with Crippen molar-refractivity contribution >= 4 is 11.7 Å². The summed E-state index contributed by atoms with van der Waals surface area (Å²) < 4.78 is 0. The maximum atomic E-state index is 11.2. The lowest BCUT2D eigenvalue weighted by Crippen LogP contribution is -2.30. The largest absolute Gasteiger partial charge is 0.311 e. The molecule has 1 aromatic heterocycles. The SMILES string of the molecule is CC(=O)Nc1ncccc1C1CCCCN1C. The van der Waals surface area contributed by atoms with Gasteiger partial charge in [0, 0.05) is 24.7 Å². The molecule has 1 aliphatic rings. The number of pyridine rings is 1. The van der Waals surface area contributed by atoms with Crippen LogP contribution in [-0.2, 0) is 4.79 Å². The van der Waals surface area contributed by atoms with E-state index in [1.807, 2.05) is 6.07 Å². The van der Waals surface area contributed by atoms with Gasteiger partial charge >= 0.3 is 0 Å². The topological polar surface area (TPSA) is 45.2 Å². The van der Waals surface area contributed by atoms with E-state index in [1.165, 1.54) is 19.8 Å². The average Bonchev–Trinajstić information content (AvgIpc) is 2.30. The average molecular weight is 233 g/mol. The second kappa shape index (κ2) is 5.27. The van der Waals surface area contributed by atoms with Crippen LogP contribution < -0.4 is 5.32 Å². The summed E-state index contributed by atoms with van der Waals surface area (Å²) in [6.07, 6.45) is 5.35. The zero-order valence-corrected chi connectivity index (χ0v) is 10.4. The van der Waals surface area contributed by atoms with Gasteiger partial charge in [0.25, 0.3) is 0 Å². The molecule has 0 radical (unpaired) electrons. The zero-order chi connectivity index (χ0) is 12.3. The van der Waals surface area contributed by atoms with Gasteiger partial charge in [-0.3, -0.25) is 9.69 Å². The van der Waals surface area contributed by atoms with Crippen LogP contribution in [0.5, 0.6) is 0 Å². The summed E-state index contributed by atoms with van der Waals surface area (Å²) in [5.41, 5.74) is 1.13. The smallest absolute Gasteiger partial charge is 0.222 e. The maximum Gasteiger partial charge on any atom is 0.222 e. The van der Waals surface area contributed by atoms with Crippen LogP contribution in [0.25, 0.3) is 0 Å². The minimum atomic E-state index is -0.0663. The number of piperidine rings is 1. The first-order valence-electron chi connectivity index (χ1n) is 6.11. The number of hydrogen-bond acceptors (Lipinski definition) is 3. The Hall–Kier alpha value is -1.42. The zero-order valence-electron chi connectivity index (χ0n) is 10.4. The number of aromatic nitrogens is 1. The fourth-order valence-electron chi connectivity index (χ4n) is 2.43. The maximum absolute atomic E-state index is 11.2. The minimum absolute atomic E-state index is 0.0663. The normalized spacial score (nSPS) is 21.2. The molecular weight excluding hydrogens is 214 g/mol. The third-order valence-electron chi connectivity index (χ3n) is 3.26. The molecule has 4 heteroatoms. The van der Waals surface area contributed by atoms with E-state index < -0.39 is 0 Å². The first-order valence-corrected chi connectivity index (χ1v) is 6.11. The van der Waals surface area contributed by atoms with Crippen molar-refractivity contribution in [3.63, 3.8) is 0 Å². The quantitative estimate of drug-likeness (QED) is 0.851. The second-order valence-corrected chi connectivity index (χ2v) is 4.61.